The van der Waals surface area contributed by atoms with Crippen LogP contribution in [0.15, 0.2) is 60.5 Å². The predicted molar refractivity (Wildman–Crippen MR) is 95.3 cm³/mol. The predicted octanol–water partition coefficient (Wildman–Crippen LogP) is 3.93. The number of aromatic nitrogens is 3. The molecule has 4 aromatic rings. The Morgan fingerprint density at radius 1 is 1.28 bits per heavy atom. The van der Waals surface area contributed by atoms with E-state index < -0.39 is 0 Å². The summed E-state index contributed by atoms with van der Waals surface area (Å²) in [6.07, 6.45) is 6.81. The molecule has 0 fully saturated rings. The molecule has 0 atom stereocenters. The van der Waals surface area contributed by atoms with E-state index in [1.165, 1.54) is 23.5 Å². The Hall–Kier alpha value is -3.06. The molecule has 7 heteroatoms. The molecule has 124 valence electrons. The molecule has 3 heterocycles. The van der Waals surface area contributed by atoms with Gasteiger partial charge in [0.2, 0.25) is 0 Å². The molecule has 0 unspecified atom stereocenters. The van der Waals surface area contributed by atoms with Crippen LogP contribution in [0.4, 0.5) is 9.52 Å². The van der Waals surface area contributed by atoms with Crippen LogP contribution in [-0.2, 0) is 6.54 Å². The first-order valence-electron chi connectivity index (χ1n) is 7.59. The minimum atomic E-state index is -0.343. The Morgan fingerprint density at radius 3 is 2.96 bits per heavy atom. The Labute approximate surface area is 146 Å². The lowest BCUT2D eigenvalue weighted by molar-refractivity contribution is 0.102. The lowest BCUT2D eigenvalue weighted by Gasteiger charge is -2.05. The third-order valence-corrected chi connectivity index (χ3v) is 4.51. The molecule has 5 nitrogen and oxygen atoms in total. The van der Waals surface area contributed by atoms with Gasteiger partial charge in [-0.1, -0.05) is 6.07 Å². The fourth-order valence-electron chi connectivity index (χ4n) is 2.71. The quantitative estimate of drug-likeness (QED) is 0.605. The molecule has 25 heavy (non-hydrogen) atoms. The molecule has 0 saturated heterocycles. The summed E-state index contributed by atoms with van der Waals surface area (Å²) >= 11 is 1.35. The van der Waals surface area contributed by atoms with Crippen molar-refractivity contribution in [2.45, 2.75) is 6.54 Å². The Morgan fingerprint density at radius 2 is 2.20 bits per heavy atom. The van der Waals surface area contributed by atoms with E-state index in [0.29, 0.717) is 28.1 Å². The first kappa shape index (κ1) is 15.5. The number of anilines is 1. The summed E-state index contributed by atoms with van der Waals surface area (Å²) in [5.41, 5.74) is 2.11. The van der Waals surface area contributed by atoms with E-state index in [4.69, 9.17) is 0 Å². The van der Waals surface area contributed by atoms with E-state index >= 15 is 0 Å². The highest BCUT2D eigenvalue weighted by atomic mass is 32.1. The summed E-state index contributed by atoms with van der Waals surface area (Å²) in [4.78, 5) is 20.8. The number of carbonyl (C=O) groups is 1. The Bertz CT molecular complexity index is 1030. The Balaban J connectivity index is 1.75. The highest BCUT2D eigenvalue weighted by molar-refractivity contribution is 7.13. The van der Waals surface area contributed by atoms with Gasteiger partial charge in [0.1, 0.15) is 5.82 Å². The van der Waals surface area contributed by atoms with Crippen molar-refractivity contribution in [3.8, 4) is 0 Å². The number of fused-ring (bicyclic) bond motifs is 1. The number of thiazole rings is 1. The van der Waals surface area contributed by atoms with Gasteiger partial charge in [-0.15, -0.1) is 11.3 Å². The average Bonchev–Trinajstić information content (AvgIpc) is 3.24. The van der Waals surface area contributed by atoms with E-state index in [9.17, 15) is 9.18 Å². The highest BCUT2D eigenvalue weighted by Gasteiger charge is 2.17. The van der Waals surface area contributed by atoms with Gasteiger partial charge in [-0.25, -0.2) is 9.37 Å². The minimum absolute atomic E-state index is 0.267. The zero-order valence-corrected chi connectivity index (χ0v) is 13.8. The zero-order chi connectivity index (χ0) is 17.2. The molecule has 0 saturated carbocycles. The topological polar surface area (TPSA) is 59.8 Å². The minimum Gasteiger partial charge on any atom is -0.342 e. The third-order valence-electron chi connectivity index (χ3n) is 3.82. The van der Waals surface area contributed by atoms with Crippen LogP contribution in [0.2, 0.25) is 0 Å². The summed E-state index contributed by atoms with van der Waals surface area (Å²) in [5, 5.41) is 5.78. The van der Waals surface area contributed by atoms with Crippen LogP contribution in [0, 0.1) is 5.82 Å². The second kappa shape index (κ2) is 6.45. The second-order valence-electron chi connectivity index (χ2n) is 5.48. The number of nitrogens with one attached hydrogen (secondary N) is 1. The summed E-state index contributed by atoms with van der Waals surface area (Å²) < 4.78 is 15.6. The maximum absolute atomic E-state index is 13.7. The van der Waals surface area contributed by atoms with Gasteiger partial charge >= 0.3 is 0 Å². The van der Waals surface area contributed by atoms with Crippen LogP contribution >= 0.6 is 11.3 Å². The van der Waals surface area contributed by atoms with Gasteiger partial charge in [0.05, 0.1) is 11.1 Å². The molecule has 0 radical (unpaired) electrons. The molecule has 0 aliphatic heterocycles. The molecule has 4 rings (SSSR count). The first-order valence-corrected chi connectivity index (χ1v) is 8.47. The number of pyridine rings is 1. The third kappa shape index (κ3) is 3.14. The van der Waals surface area contributed by atoms with Gasteiger partial charge in [-0.2, -0.15) is 0 Å². The zero-order valence-electron chi connectivity index (χ0n) is 13.0. The second-order valence-corrected chi connectivity index (χ2v) is 6.38. The summed E-state index contributed by atoms with van der Waals surface area (Å²) in [7, 11) is 0. The van der Waals surface area contributed by atoms with Crippen molar-refractivity contribution in [2.75, 3.05) is 5.32 Å². The SMILES string of the molecule is O=C(Nc1nccs1)c1cn(Cc2cccnc2)c2cc(F)ccc12. The monoisotopic (exact) mass is 352 g/mol. The maximum Gasteiger partial charge on any atom is 0.259 e. The molecular weight excluding hydrogens is 339 g/mol. The summed E-state index contributed by atoms with van der Waals surface area (Å²) in [6.45, 7) is 0.498. The van der Waals surface area contributed by atoms with Crippen LogP contribution in [0.3, 0.4) is 0 Å². The van der Waals surface area contributed by atoms with Gasteiger partial charge in [0.25, 0.3) is 5.91 Å². The van der Waals surface area contributed by atoms with Gasteiger partial charge in [0, 0.05) is 42.1 Å². The van der Waals surface area contributed by atoms with Crippen molar-refractivity contribution in [3.05, 3.63) is 77.4 Å². The number of hydrogen-bond acceptors (Lipinski definition) is 4. The number of amides is 1. The van der Waals surface area contributed by atoms with Gasteiger partial charge in [-0.05, 0) is 29.8 Å². The van der Waals surface area contributed by atoms with Crippen molar-refractivity contribution in [1.82, 2.24) is 14.5 Å². The molecule has 1 N–H and O–H groups in total. The van der Waals surface area contributed by atoms with E-state index in [0.717, 1.165) is 5.56 Å². The molecule has 1 amide bonds. The van der Waals surface area contributed by atoms with E-state index in [2.05, 4.69) is 15.3 Å². The lowest BCUT2D eigenvalue weighted by Crippen LogP contribution is -2.11. The van der Waals surface area contributed by atoms with Crippen LogP contribution in [0.1, 0.15) is 15.9 Å². The molecule has 3 aromatic heterocycles. The van der Waals surface area contributed by atoms with Crippen molar-refractivity contribution in [2.24, 2.45) is 0 Å². The molecule has 1 aromatic carbocycles. The number of nitrogens with zero attached hydrogens (tertiary/aromatic N) is 3. The van der Waals surface area contributed by atoms with Crippen molar-refractivity contribution in [1.29, 1.82) is 0 Å². The number of benzene rings is 1. The normalized spacial score (nSPS) is 10.9. The van der Waals surface area contributed by atoms with Crippen LogP contribution < -0.4 is 5.32 Å². The molecule has 0 aliphatic rings. The smallest absolute Gasteiger partial charge is 0.259 e. The number of hydrogen-bond donors (Lipinski definition) is 1. The fraction of sp³-hybridized carbons (Fsp3) is 0.0556. The van der Waals surface area contributed by atoms with E-state index in [-0.39, 0.29) is 11.7 Å². The molecular formula is C18H13FN4OS. The number of halogens is 1. The van der Waals surface area contributed by atoms with Crippen LogP contribution in [0.25, 0.3) is 10.9 Å². The fourth-order valence-corrected chi connectivity index (χ4v) is 3.24. The van der Waals surface area contributed by atoms with Crippen molar-refractivity contribution >= 4 is 33.3 Å². The van der Waals surface area contributed by atoms with E-state index in [1.54, 1.807) is 36.2 Å². The van der Waals surface area contributed by atoms with Gasteiger partial charge in [-0.3, -0.25) is 15.1 Å². The van der Waals surface area contributed by atoms with Crippen molar-refractivity contribution < 1.29 is 9.18 Å². The highest BCUT2D eigenvalue weighted by Crippen LogP contribution is 2.25. The number of carbonyl (C=O) groups excluding carboxylic acids is 1. The standard InChI is InChI=1S/C18H13FN4OS/c19-13-3-4-14-15(17(24)22-18-21-6-7-25-18)11-23(16(14)8-13)10-12-2-1-5-20-9-12/h1-9,11H,10H2,(H,21,22,24). The lowest BCUT2D eigenvalue weighted by atomic mass is 10.1. The molecule has 0 bridgehead atoms. The summed E-state index contributed by atoms with van der Waals surface area (Å²) in [6, 6.07) is 8.20. The largest absolute Gasteiger partial charge is 0.342 e. The summed E-state index contributed by atoms with van der Waals surface area (Å²) in [5.74, 6) is -0.610. The Kier molecular flexibility index (Phi) is 3.99. The molecule has 0 aliphatic carbocycles. The van der Waals surface area contributed by atoms with E-state index in [1.807, 2.05) is 16.7 Å². The van der Waals surface area contributed by atoms with Crippen LogP contribution in [0.5, 0.6) is 0 Å². The van der Waals surface area contributed by atoms with Crippen LogP contribution in [-0.4, -0.2) is 20.4 Å². The van der Waals surface area contributed by atoms with Gasteiger partial charge in [0.15, 0.2) is 5.13 Å². The maximum atomic E-state index is 13.7. The van der Waals surface area contributed by atoms with Crippen molar-refractivity contribution in [3.63, 3.8) is 0 Å². The number of rotatable bonds is 4. The van der Waals surface area contributed by atoms with Gasteiger partial charge < -0.3 is 4.57 Å². The first-order chi connectivity index (χ1) is 12.2. The average molecular weight is 352 g/mol. The molecule has 0 spiro atoms.